The van der Waals surface area contributed by atoms with E-state index in [0.29, 0.717) is 30.7 Å². The highest BCUT2D eigenvalue weighted by Gasteiger charge is 2.26. The van der Waals surface area contributed by atoms with Gasteiger partial charge in [-0.3, -0.25) is 4.79 Å². The highest BCUT2D eigenvalue weighted by Crippen LogP contribution is 2.25. The molecule has 2 aliphatic heterocycles. The highest BCUT2D eigenvalue weighted by atomic mass is 16.5. The standard InChI is InChI=1S/C21H24N6O3/c28-20(26-8-2-17(3-9-26)30-21-22-6-1-7-23-21)15-12-18-19(24-13-15)27(14-25-18)16-4-10-29-11-5-16/h1,6-7,12-14,16-17H,2-5,8-11H2. The second-order valence-electron chi connectivity index (χ2n) is 7.70. The Balaban J connectivity index is 1.24. The molecule has 2 saturated heterocycles. The van der Waals surface area contributed by atoms with Gasteiger partial charge in [0.2, 0.25) is 0 Å². The first-order chi connectivity index (χ1) is 14.8. The molecule has 0 aromatic carbocycles. The molecular weight excluding hydrogens is 384 g/mol. The molecule has 0 bridgehead atoms. The Labute approximate surface area is 174 Å². The van der Waals surface area contributed by atoms with Gasteiger partial charge in [-0.25, -0.2) is 19.9 Å². The van der Waals surface area contributed by atoms with Crippen molar-refractivity contribution in [2.24, 2.45) is 0 Å². The number of nitrogens with zero attached hydrogens (tertiary/aromatic N) is 6. The van der Waals surface area contributed by atoms with Crippen molar-refractivity contribution in [2.45, 2.75) is 37.8 Å². The van der Waals surface area contributed by atoms with E-state index in [1.807, 2.05) is 17.3 Å². The van der Waals surface area contributed by atoms with Crippen molar-refractivity contribution in [1.82, 2.24) is 29.4 Å². The van der Waals surface area contributed by atoms with E-state index in [0.717, 1.165) is 50.1 Å². The molecule has 2 aliphatic rings. The number of likely N-dealkylation sites (tertiary alicyclic amines) is 1. The fourth-order valence-corrected chi connectivity index (χ4v) is 4.12. The van der Waals surface area contributed by atoms with Crippen LogP contribution in [0.1, 0.15) is 42.1 Å². The second kappa shape index (κ2) is 8.35. The average Bonchev–Trinajstić information content (AvgIpc) is 3.24. The Bertz CT molecular complexity index is 1010. The maximum atomic E-state index is 13.0. The van der Waals surface area contributed by atoms with Crippen LogP contribution < -0.4 is 4.74 Å². The molecule has 5 heterocycles. The summed E-state index contributed by atoms with van der Waals surface area (Å²) >= 11 is 0. The van der Waals surface area contributed by atoms with E-state index in [2.05, 4.69) is 24.5 Å². The normalized spacial score (nSPS) is 18.6. The van der Waals surface area contributed by atoms with Gasteiger partial charge in [0.05, 0.1) is 11.9 Å². The van der Waals surface area contributed by atoms with Gasteiger partial charge in [-0.05, 0) is 25.0 Å². The molecule has 30 heavy (non-hydrogen) atoms. The summed E-state index contributed by atoms with van der Waals surface area (Å²) < 4.78 is 13.4. The van der Waals surface area contributed by atoms with Crippen LogP contribution in [0, 0.1) is 0 Å². The Kier molecular flexibility index (Phi) is 5.27. The third kappa shape index (κ3) is 3.85. The highest BCUT2D eigenvalue weighted by molar-refractivity contribution is 5.96. The summed E-state index contributed by atoms with van der Waals surface area (Å²) in [5.74, 6) is -0.0144. The number of carbonyl (C=O) groups is 1. The first-order valence-corrected chi connectivity index (χ1v) is 10.4. The molecule has 9 nitrogen and oxygen atoms in total. The van der Waals surface area contributed by atoms with Crippen molar-refractivity contribution >= 4 is 17.1 Å². The lowest BCUT2D eigenvalue weighted by Gasteiger charge is -2.31. The maximum absolute atomic E-state index is 13.0. The van der Waals surface area contributed by atoms with Crippen LogP contribution in [0.2, 0.25) is 0 Å². The van der Waals surface area contributed by atoms with Crippen LogP contribution in [0.5, 0.6) is 6.01 Å². The zero-order valence-electron chi connectivity index (χ0n) is 16.7. The fourth-order valence-electron chi connectivity index (χ4n) is 4.12. The molecule has 0 saturated carbocycles. The predicted octanol–water partition coefficient (Wildman–Crippen LogP) is 2.26. The molecule has 0 atom stereocenters. The summed E-state index contributed by atoms with van der Waals surface area (Å²) in [5, 5.41) is 0. The first-order valence-electron chi connectivity index (χ1n) is 10.4. The first kappa shape index (κ1) is 18.9. The Hall–Kier alpha value is -3.07. The molecule has 0 aliphatic carbocycles. The van der Waals surface area contributed by atoms with E-state index in [-0.39, 0.29) is 12.0 Å². The van der Waals surface area contributed by atoms with Crippen molar-refractivity contribution in [1.29, 1.82) is 0 Å². The second-order valence-corrected chi connectivity index (χ2v) is 7.70. The van der Waals surface area contributed by atoms with Gasteiger partial charge in [-0.1, -0.05) is 0 Å². The smallest absolute Gasteiger partial charge is 0.316 e. The fraction of sp³-hybridized carbons (Fsp3) is 0.476. The van der Waals surface area contributed by atoms with Gasteiger partial charge >= 0.3 is 6.01 Å². The van der Waals surface area contributed by atoms with Crippen molar-refractivity contribution in [3.63, 3.8) is 0 Å². The third-order valence-electron chi connectivity index (χ3n) is 5.79. The van der Waals surface area contributed by atoms with E-state index in [4.69, 9.17) is 9.47 Å². The van der Waals surface area contributed by atoms with Crippen molar-refractivity contribution < 1.29 is 14.3 Å². The zero-order valence-corrected chi connectivity index (χ0v) is 16.7. The molecule has 1 amide bonds. The van der Waals surface area contributed by atoms with Gasteiger partial charge in [0.1, 0.15) is 11.6 Å². The number of aromatic nitrogens is 5. The molecule has 9 heteroatoms. The summed E-state index contributed by atoms with van der Waals surface area (Å²) in [6, 6.07) is 4.34. The van der Waals surface area contributed by atoms with E-state index in [1.54, 1.807) is 24.7 Å². The average molecular weight is 408 g/mol. The van der Waals surface area contributed by atoms with Crippen LogP contribution >= 0.6 is 0 Å². The number of amides is 1. The molecule has 0 spiro atoms. The molecule has 2 fully saturated rings. The van der Waals surface area contributed by atoms with E-state index in [1.165, 1.54) is 0 Å². The summed E-state index contributed by atoms with van der Waals surface area (Å²) in [6.45, 7) is 2.78. The molecule has 5 rings (SSSR count). The number of ether oxygens (including phenoxy) is 2. The minimum Gasteiger partial charge on any atom is -0.460 e. The van der Waals surface area contributed by atoms with Crippen LogP contribution in [-0.2, 0) is 4.74 Å². The van der Waals surface area contributed by atoms with Crippen molar-refractivity contribution in [2.75, 3.05) is 26.3 Å². The minimum atomic E-state index is -0.0144. The van der Waals surface area contributed by atoms with Crippen LogP contribution in [0.4, 0.5) is 0 Å². The van der Waals surface area contributed by atoms with Gasteiger partial charge in [-0.2, -0.15) is 0 Å². The number of fused-ring (bicyclic) bond motifs is 1. The quantitative estimate of drug-likeness (QED) is 0.653. The summed E-state index contributed by atoms with van der Waals surface area (Å²) in [6.07, 6.45) is 10.3. The number of carbonyl (C=O) groups excluding carboxylic acids is 1. The number of rotatable bonds is 4. The van der Waals surface area contributed by atoms with Crippen LogP contribution in [0.3, 0.4) is 0 Å². The monoisotopic (exact) mass is 408 g/mol. The van der Waals surface area contributed by atoms with E-state index >= 15 is 0 Å². The largest absolute Gasteiger partial charge is 0.460 e. The maximum Gasteiger partial charge on any atom is 0.316 e. The van der Waals surface area contributed by atoms with Gasteiger partial charge in [0, 0.05) is 63.8 Å². The third-order valence-corrected chi connectivity index (χ3v) is 5.79. The Morgan fingerprint density at radius 2 is 1.80 bits per heavy atom. The number of hydrogen-bond acceptors (Lipinski definition) is 7. The number of hydrogen-bond donors (Lipinski definition) is 0. The number of pyridine rings is 1. The minimum absolute atomic E-state index is 0.0144. The van der Waals surface area contributed by atoms with Crippen LogP contribution in [-0.4, -0.2) is 67.7 Å². The molecule has 156 valence electrons. The molecule has 0 unspecified atom stereocenters. The van der Waals surface area contributed by atoms with Gasteiger partial charge < -0.3 is 18.9 Å². The lowest BCUT2D eigenvalue weighted by Crippen LogP contribution is -2.42. The van der Waals surface area contributed by atoms with Gasteiger partial charge in [0.15, 0.2) is 5.65 Å². The predicted molar refractivity (Wildman–Crippen MR) is 108 cm³/mol. The number of piperidine rings is 1. The molecule has 3 aromatic heterocycles. The lowest BCUT2D eigenvalue weighted by molar-refractivity contribution is 0.0578. The summed E-state index contributed by atoms with van der Waals surface area (Å²) in [5.41, 5.74) is 2.16. The summed E-state index contributed by atoms with van der Waals surface area (Å²) in [7, 11) is 0. The molecule has 0 radical (unpaired) electrons. The van der Waals surface area contributed by atoms with E-state index in [9.17, 15) is 4.79 Å². The molecular formula is C21H24N6O3. The van der Waals surface area contributed by atoms with Crippen molar-refractivity contribution in [3.05, 3.63) is 42.6 Å². The van der Waals surface area contributed by atoms with Crippen molar-refractivity contribution in [3.8, 4) is 6.01 Å². The zero-order chi connectivity index (χ0) is 20.3. The van der Waals surface area contributed by atoms with Gasteiger partial charge in [0.25, 0.3) is 5.91 Å². The Morgan fingerprint density at radius 3 is 2.57 bits per heavy atom. The molecule has 0 N–H and O–H groups in total. The van der Waals surface area contributed by atoms with Crippen LogP contribution in [0.15, 0.2) is 37.1 Å². The van der Waals surface area contributed by atoms with Gasteiger partial charge in [-0.15, -0.1) is 0 Å². The van der Waals surface area contributed by atoms with Crippen LogP contribution in [0.25, 0.3) is 11.2 Å². The SMILES string of the molecule is O=C(c1cnc2c(c1)ncn2C1CCOCC1)N1CCC(Oc2ncccn2)CC1. The summed E-state index contributed by atoms with van der Waals surface area (Å²) in [4.78, 5) is 32.1. The molecule has 3 aromatic rings. The number of imidazole rings is 1. The Morgan fingerprint density at radius 1 is 1.03 bits per heavy atom. The van der Waals surface area contributed by atoms with E-state index < -0.39 is 0 Å². The lowest BCUT2D eigenvalue weighted by atomic mass is 10.1. The topological polar surface area (TPSA) is 95.3 Å².